The van der Waals surface area contributed by atoms with Gasteiger partial charge in [-0.15, -0.1) is 0 Å². The zero-order chi connectivity index (χ0) is 16.1. The summed E-state index contributed by atoms with van der Waals surface area (Å²) >= 11 is 0. The van der Waals surface area contributed by atoms with E-state index >= 15 is 0 Å². The Balaban J connectivity index is 2.55. The molecule has 0 spiro atoms. The van der Waals surface area contributed by atoms with Gasteiger partial charge < -0.3 is 10.6 Å². The van der Waals surface area contributed by atoms with Gasteiger partial charge in [0.25, 0.3) is 11.8 Å². The molecule has 0 aliphatic carbocycles. The highest BCUT2D eigenvalue weighted by atomic mass is 16.2. The fourth-order valence-corrected chi connectivity index (χ4v) is 2.17. The summed E-state index contributed by atoms with van der Waals surface area (Å²) in [5.74, 6) is -1.05. The summed E-state index contributed by atoms with van der Waals surface area (Å²) in [4.78, 5) is 36.6. The minimum absolute atomic E-state index is 0.262. The van der Waals surface area contributed by atoms with Crippen molar-refractivity contribution in [3.63, 3.8) is 0 Å². The van der Waals surface area contributed by atoms with Gasteiger partial charge in [0.2, 0.25) is 0 Å². The van der Waals surface area contributed by atoms with Crippen LogP contribution in [0.3, 0.4) is 0 Å². The van der Waals surface area contributed by atoms with Crippen LogP contribution < -0.4 is 10.6 Å². The minimum atomic E-state index is -0.363. The first-order chi connectivity index (χ1) is 10.6. The molecule has 0 aliphatic heterocycles. The van der Waals surface area contributed by atoms with E-state index in [4.69, 9.17) is 0 Å². The van der Waals surface area contributed by atoms with Gasteiger partial charge >= 0.3 is 0 Å². The van der Waals surface area contributed by atoms with Gasteiger partial charge in [0.05, 0.1) is 11.1 Å². The maximum absolute atomic E-state index is 12.8. The monoisotopic (exact) mass is 296 g/mol. The normalized spacial score (nSPS) is 9.91. The molecule has 2 amide bonds. The molecule has 112 valence electrons. The molecule has 2 aromatic rings. The van der Waals surface area contributed by atoms with Crippen LogP contribution in [0.4, 0.5) is 0 Å². The molecule has 0 bridgehead atoms. The SMILES string of the molecule is CNC(=O)c1ccccc1C(=O)c1ccccc1C(=O)NC. The second kappa shape index (κ2) is 6.67. The quantitative estimate of drug-likeness (QED) is 0.842. The number of carbonyl (C=O) groups is 3. The highest BCUT2D eigenvalue weighted by molar-refractivity contribution is 6.19. The average Bonchev–Trinajstić information content (AvgIpc) is 2.59. The Morgan fingerprint density at radius 2 is 0.955 bits per heavy atom. The lowest BCUT2D eigenvalue weighted by atomic mass is 9.94. The van der Waals surface area contributed by atoms with Crippen LogP contribution in [0.1, 0.15) is 36.6 Å². The minimum Gasteiger partial charge on any atom is -0.355 e. The highest BCUT2D eigenvalue weighted by Gasteiger charge is 2.21. The van der Waals surface area contributed by atoms with E-state index in [0.717, 1.165) is 0 Å². The molecule has 0 saturated carbocycles. The van der Waals surface area contributed by atoms with Crippen LogP contribution in [0.25, 0.3) is 0 Å². The fraction of sp³-hybridized carbons (Fsp3) is 0.118. The van der Waals surface area contributed by atoms with Crippen LogP contribution in [0, 0.1) is 0 Å². The maximum Gasteiger partial charge on any atom is 0.251 e. The van der Waals surface area contributed by atoms with Gasteiger partial charge in [0.1, 0.15) is 0 Å². The topological polar surface area (TPSA) is 75.3 Å². The first kappa shape index (κ1) is 15.4. The number of benzene rings is 2. The average molecular weight is 296 g/mol. The van der Waals surface area contributed by atoms with Crippen molar-refractivity contribution in [1.82, 2.24) is 10.6 Å². The zero-order valence-electron chi connectivity index (χ0n) is 12.3. The molecule has 0 atom stereocenters. The van der Waals surface area contributed by atoms with Crippen molar-refractivity contribution in [2.45, 2.75) is 0 Å². The summed E-state index contributed by atoms with van der Waals surface area (Å²) in [6.45, 7) is 0. The third-order valence-electron chi connectivity index (χ3n) is 3.29. The number of ketones is 1. The molecule has 2 N–H and O–H groups in total. The van der Waals surface area contributed by atoms with Crippen LogP contribution in [0.15, 0.2) is 48.5 Å². The smallest absolute Gasteiger partial charge is 0.251 e. The van der Waals surface area contributed by atoms with Crippen LogP contribution in [-0.4, -0.2) is 31.7 Å². The number of carbonyl (C=O) groups excluding carboxylic acids is 3. The second-order valence-corrected chi connectivity index (χ2v) is 4.58. The van der Waals surface area contributed by atoms with E-state index in [2.05, 4.69) is 10.6 Å². The first-order valence-electron chi connectivity index (χ1n) is 6.77. The molecule has 0 radical (unpaired) electrons. The predicted octanol–water partition coefficient (Wildman–Crippen LogP) is 1.64. The number of nitrogens with one attached hydrogen (secondary N) is 2. The number of amides is 2. The van der Waals surface area contributed by atoms with Gasteiger partial charge in [-0.3, -0.25) is 14.4 Å². The summed E-state index contributed by atoms with van der Waals surface area (Å²) in [5, 5.41) is 5.01. The molecule has 0 unspecified atom stereocenters. The molecule has 2 aromatic carbocycles. The largest absolute Gasteiger partial charge is 0.355 e. The molecule has 5 nitrogen and oxygen atoms in total. The number of hydrogen-bond acceptors (Lipinski definition) is 3. The van der Waals surface area contributed by atoms with Crippen LogP contribution >= 0.6 is 0 Å². The Bertz CT molecular complexity index is 677. The summed E-state index contributed by atoms with van der Waals surface area (Å²) in [5.41, 5.74) is 1.08. The van der Waals surface area contributed by atoms with E-state index in [0.29, 0.717) is 0 Å². The van der Waals surface area contributed by atoms with Gasteiger partial charge in [0, 0.05) is 25.2 Å². The standard InChI is InChI=1S/C17H16N2O3/c1-18-16(21)13-9-5-3-7-11(13)15(20)12-8-4-6-10-14(12)17(22)19-2/h3-10H,1-2H3,(H,18,21)(H,19,22). The van der Waals surface area contributed by atoms with Crippen molar-refractivity contribution in [3.05, 3.63) is 70.8 Å². The Morgan fingerprint density at radius 1 is 0.636 bits per heavy atom. The second-order valence-electron chi connectivity index (χ2n) is 4.58. The first-order valence-corrected chi connectivity index (χ1v) is 6.77. The molecule has 22 heavy (non-hydrogen) atoms. The molecular weight excluding hydrogens is 280 g/mol. The van der Waals surface area contributed by atoms with E-state index in [1.54, 1.807) is 48.5 Å². The Kier molecular flexibility index (Phi) is 4.68. The molecule has 2 rings (SSSR count). The molecule has 5 heteroatoms. The maximum atomic E-state index is 12.8. The fourth-order valence-electron chi connectivity index (χ4n) is 2.17. The number of hydrogen-bond donors (Lipinski definition) is 2. The molecule has 0 fully saturated rings. The Hall–Kier alpha value is -2.95. The summed E-state index contributed by atoms with van der Waals surface area (Å²) < 4.78 is 0. The van der Waals surface area contributed by atoms with Crippen LogP contribution in [-0.2, 0) is 0 Å². The van der Waals surface area contributed by atoms with Gasteiger partial charge in [0.15, 0.2) is 5.78 Å². The lowest BCUT2D eigenvalue weighted by Gasteiger charge is -2.10. The van der Waals surface area contributed by atoms with Gasteiger partial charge in [-0.1, -0.05) is 36.4 Å². The molecule has 0 saturated heterocycles. The molecule has 0 aromatic heterocycles. The predicted molar refractivity (Wildman–Crippen MR) is 83.1 cm³/mol. The lowest BCUT2D eigenvalue weighted by Crippen LogP contribution is -2.24. The highest BCUT2D eigenvalue weighted by Crippen LogP contribution is 2.18. The third-order valence-corrected chi connectivity index (χ3v) is 3.29. The van der Waals surface area contributed by atoms with Crippen molar-refractivity contribution in [3.8, 4) is 0 Å². The Morgan fingerprint density at radius 3 is 1.27 bits per heavy atom. The van der Waals surface area contributed by atoms with Crippen molar-refractivity contribution < 1.29 is 14.4 Å². The molecule has 0 aliphatic rings. The van der Waals surface area contributed by atoms with Crippen molar-refractivity contribution in [2.24, 2.45) is 0 Å². The molecule has 0 heterocycles. The lowest BCUT2D eigenvalue weighted by molar-refractivity contribution is 0.0947. The summed E-state index contributed by atoms with van der Waals surface area (Å²) in [6, 6.07) is 13.0. The zero-order valence-corrected chi connectivity index (χ0v) is 12.3. The molecular formula is C17H16N2O3. The summed E-state index contributed by atoms with van der Waals surface area (Å²) in [6.07, 6.45) is 0. The van der Waals surface area contributed by atoms with Gasteiger partial charge in [-0.2, -0.15) is 0 Å². The summed E-state index contributed by atoms with van der Waals surface area (Å²) in [7, 11) is 3.00. The Labute approximate surface area is 128 Å². The van der Waals surface area contributed by atoms with E-state index in [9.17, 15) is 14.4 Å². The van der Waals surface area contributed by atoms with E-state index in [1.807, 2.05) is 0 Å². The van der Waals surface area contributed by atoms with Gasteiger partial charge in [-0.05, 0) is 12.1 Å². The van der Waals surface area contributed by atoms with Crippen molar-refractivity contribution in [2.75, 3.05) is 14.1 Å². The third kappa shape index (κ3) is 2.88. The van der Waals surface area contributed by atoms with Crippen molar-refractivity contribution in [1.29, 1.82) is 0 Å². The van der Waals surface area contributed by atoms with Gasteiger partial charge in [-0.25, -0.2) is 0 Å². The van der Waals surface area contributed by atoms with Crippen molar-refractivity contribution >= 4 is 17.6 Å². The van der Waals surface area contributed by atoms with E-state index in [1.165, 1.54) is 14.1 Å². The van der Waals surface area contributed by atoms with Crippen LogP contribution in [0.5, 0.6) is 0 Å². The van der Waals surface area contributed by atoms with E-state index in [-0.39, 0.29) is 39.9 Å². The number of rotatable bonds is 4. The van der Waals surface area contributed by atoms with Crippen LogP contribution in [0.2, 0.25) is 0 Å². The van der Waals surface area contributed by atoms with E-state index < -0.39 is 0 Å².